The van der Waals surface area contributed by atoms with Crippen molar-refractivity contribution in [2.24, 2.45) is 0 Å². The minimum Gasteiger partial charge on any atom is -0.0844 e. The second kappa shape index (κ2) is 7.26. The lowest BCUT2D eigenvalue weighted by Crippen LogP contribution is -2.06. The predicted molar refractivity (Wildman–Crippen MR) is 90.5 cm³/mol. The van der Waals surface area contributed by atoms with Crippen molar-refractivity contribution in [1.29, 1.82) is 0 Å². The van der Waals surface area contributed by atoms with Crippen LogP contribution in [0.2, 0.25) is 0 Å². The van der Waals surface area contributed by atoms with Gasteiger partial charge in [-0.15, -0.1) is 0 Å². The van der Waals surface area contributed by atoms with Crippen LogP contribution in [0.25, 0.3) is 0 Å². The number of hydrogen-bond acceptors (Lipinski definition) is 0. The zero-order chi connectivity index (χ0) is 14.3. The first-order valence-electron chi connectivity index (χ1n) is 8.24. The third kappa shape index (κ3) is 3.64. The van der Waals surface area contributed by atoms with Crippen molar-refractivity contribution in [2.75, 3.05) is 0 Å². The predicted octanol–water partition coefficient (Wildman–Crippen LogP) is 6.10. The molecule has 0 saturated heterocycles. The van der Waals surface area contributed by atoms with E-state index >= 15 is 0 Å². The van der Waals surface area contributed by atoms with Gasteiger partial charge in [0.15, 0.2) is 0 Å². The molecule has 2 aromatic carbocycles. The van der Waals surface area contributed by atoms with Crippen molar-refractivity contribution in [1.82, 2.24) is 0 Å². The standard InChI is InChI=1S/C21H24/c1-2-6-12-18(13-7-3-1)21(19-14-8-4-9-15-19)20-16-10-5-11-17-20/h4-5,8-12,14-17,21H,1-3,6-7,13H2. The third-order valence-electron chi connectivity index (χ3n) is 4.46. The minimum absolute atomic E-state index is 0.436. The van der Waals surface area contributed by atoms with E-state index < -0.39 is 0 Å². The highest BCUT2D eigenvalue weighted by atomic mass is 14.2. The second-order valence-electron chi connectivity index (χ2n) is 5.99. The van der Waals surface area contributed by atoms with Gasteiger partial charge in [-0.25, -0.2) is 0 Å². The molecule has 0 amide bonds. The summed E-state index contributed by atoms with van der Waals surface area (Å²) < 4.78 is 0. The van der Waals surface area contributed by atoms with Crippen molar-refractivity contribution in [2.45, 2.75) is 44.4 Å². The van der Waals surface area contributed by atoms with Crippen LogP contribution < -0.4 is 0 Å². The average molecular weight is 276 g/mol. The first kappa shape index (κ1) is 14.1. The maximum atomic E-state index is 2.52. The summed E-state index contributed by atoms with van der Waals surface area (Å²) in [5, 5.41) is 0. The van der Waals surface area contributed by atoms with Crippen LogP contribution in [-0.2, 0) is 0 Å². The largest absolute Gasteiger partial charge is 0.0844 e. The van der Waals surface area contributed by atoms with Crippen LogP contribution in [0, 0.1) is 0 Å². The average Bonchev–Trinajstić information content (AvgIpc) is 2.52. The summed E-state index contributed by atoms with van der Waals surface area (Å²) in [6.45, 7) is 0. The molecule has 0 unspecified atom stereocenters. The number of benzene rings is 2. The Morgan fingerprint density at radius 1 is 0.619 bits per heavy atom. The molecule has 0 radical (unpaired) electrons. The summed E-state index contributed by atoms with van der Waals surface area (Å²) in [7, 11) is 0. The van der Waals surface area contributed by atoms with Crippen LogP contribution in [0.1, 0.15) is 55.6 Å². The maximum absolute atomic E-state index is 2.52. The molecule has 2 aromatic rings. The Balaban J connectivity index is 1.99. The highest BCUT2D eigenvalue weighted by molar-refractivity contribution is 5.41. The van der Waals surface area contributed by atoms with Gasteiger partial charge in [0.2, 0.25) is 0 Å². The van der Waals surface area contributed by atoms with E-state index in [1.807, 2.05) is 0 Å². The van der Waals surface area contributed by atoms with Crippen LogP contribution in [-0.4, -0.2) is 0 Å². The fourth-order valence-corrected chi connectivity index (χ4v) is 3.39. The lowest BCUT2D eigenvalue weighted by Gasteiger charge is -2.23. The Bertz CT molecular complexity index is 526. The lowest BCUT2D eigenvalue weighted by atomic mass is 9.81. The van der Waals surface area contributed by atoms with Gasteiger partial charge in [-0.05, 0) is 36.8 Å². The molecule has 0 spiro atoms. The Kier molecular flexibility index (Phi) is 4.89. The molecule has 0 nitrogen and oxygen atoms in total. The van der Waals surface area contributed by atoms with Crippen LogP contribution in [0.3, 0.4) is 0 Å². The number of hydrogen-bond donors (Lipinski definition) is 0. The highest BCUT2D eigenvalue weighted by Crippen LogP contribution is 2.35. The van der Waals surface area contributed by atoms with E-state index in [0.29, 0.717) is 5.92 Å². The molecule has 0 heterocycles. The lowest BCUT2D eigenvalue weighted by molar-refractivity contribution is 0.611. The summed E-state index contributed by atoms with van der Waals surface area (Å²) in [4.78, 5) is 0. The van der Waals surface area contributed by atoms with Gasteiger partial charge >= 0.3 is 0 Å². The SMILES string of the molecule is C1=C(C(c2ccccc2)c2ccccc2)CCCCCC1. The first-order chi connectivity index (χ1) is 10.4. The maximum Gasteiger partial charge on any atom is 0.0298 e. The molecule has 1 aliphatic carbocycles. The normalized spacial score (nSPS) is 16.1. The molecule has 0 N–H and O–H groups in total. The fraction of sp³-hybridized carbons (Fsp3) is 0.333. The summed E-state index contributed by atoms with van der Waals surface area (Å²) in [6, 6.07) is 22.0. The molecule has 21 heavy (non-hydrogen) atoms. The Hall–Kier alpha value is -1.82. The Morgan fingerprint density at radius 2 is 1.19 bits per heavy atom. The zero-order valence-electron chi connectivity index (χ0n) is 12.7. The van der Waals surface area contributed by atoms with E-state index in [1.54, 1.807) is 5.57 Å². The molecule has 0 fully saturated rings. The molecule has 0 aromatic heterocycles. The molecular weight excluding hydrogens is 252 g/mol. The molecule has 0 saturated carbocycles. The van der Waals surface area contributed by atoms with E-state index in [9.17, 15) is 0 Å². The van der Waals surface area contributed by atoms with Gasteiger partial charge in [-0.1, -0.05) is 85.2 Å². The van der Waals surface area contributed by atoms with Gasteiger partial charge in [0.25, 0.3) is 0 Å². The molecule has 1 aliphatic rings. The van der Waals surface area contributed by atoms with E-state index in [0.717, 1.165) is 0 Å². The molecule has 0 heteroatoms. The highest BCUT2D eigenvalue weighted by Gasteiger charge is 2.18. The Morgan fingerprint density at radius 3 is 1.81 bits per heavy atom. The van der Waals surface area contributed by atoms with Crippen LogP contribution in [0.5, 0.6) is 0 Å². The zero-order valence-corrected chi connectivity index (χ0v) is 12.7. The van der Waals surface area contributed by atoms with Gasteiger partial charge in [-0.2, -0.15) is 0 Å². The molecule has 0 aliphatic heterocycles. The van der Waals surface area contributed by atoms with Crippen LogP contribution in [0.15, 0.2) is 72.3 Å². The molecule has 108 valence electrons. The third-order valence-corrected chi connectivity index (χ3v) is 4.46. The number of allylic oxidation sites excluding steroid dienone is 2. The monoisotopic (exact) mass is 276 g/mol. The second-order valence-corrected chi connectivity index (χ2v) is 5.99. The van der Waals surface area contributed by atoms with E-state index in [2.05, 4.69) is 66.7 Å². The quantitative estimate of drug-likeness (QED) is 0.594. The summed E-state index contributed by atoms with van der Waals surface area (Å²) in [5.41, 5.74) is 4.47. The van der Waals surface area contributed by atoms with E-state index in [1.165, 1.54) is 49.7 Å². The molecule has 0 bridgehead atoms. The summed E-state index contributed by atoms with van der Waals surface area (Å²) >= 11 is 0. The minimum atomic E-state index is 0.436. The van der Waals surface area contributed by atoms with E-state index in [4.69, 9.17) is 0 Å². The molecular formula is C21H24. The van der Waals surface area contributed by atoms with Crippen molar-refractivity contribution in [3.8, 4) is 0 Å². The van der Waals surface area contributed by atoms with Crippen molar-refractivity contribution < 1.29 is 0 Å². The summed E-state index contributed by atoms with van der Waals surface area (Å²) in [5.74, 6) is 0.436. The van der Waals surface area contributed by atoms with Crippen LogP contribution >= 0.6 is 0 Å². The van der Waals surface area contributed by atoms with Crippen molar-refractivity contribution >= 4 is 0 Å². The topological polar surface area (TPSA) is 0 Å². The van der Waals surface area contributed by atoms with Crippen molar-refractivity contribution in [3.63, 3.8) is 0 Å². The molecule has 0 atom stereocenters. The Labute approximate surface area is 128 Å². The molecule has 3 rings (SSSR count). The van der Waals surface area contributed by atoms with Gasteiger partial charge in [0.05, 0.1) is 0 Å². The smallest absolute Gasteiger partial charge is 0.0298 e. The van der Waals surface area contributed by atoms with Gasteiger partial charge in [-0.3, -0.25) is 0 Å². The van der Waals surface area contributed by atoms with Crippen molar-refractivity contribution in [3.05, 3.63) is 83.4 Å². The van der Waals surface area contributed by atoms with E-state index in [-0.39, 0.29) is 0 Å². The van der Waals surface area contributed by atoms with Gasteiger partial charge in [0, 0.05) is 5.92 Å². The fourth-order valence-electron chi connectivity index (χ4n) is 3.39. The van der Waals surface area contributed by atoms with Gasteiger partial charge < -0.3 is 0 Å². The number of rotatable bonds is 3. The van der Waals surface area contributed by atoms with Gasteiger partial charge in [0.1, 0.15) is 0 Å². The van der Waals surface area contributed by atoms with Crippen LogP contribution in [0.4, 0.5) is 0 Å². The summed E-state index contributed by atoms with van der Waals surface area (Å²) in [6.07, 6.45) is 10.5. The first-order valence-corrected chi connectivity index (χ1v) is 8.24.